The molecular formula is C17H25N3. The predicted octanol–water partition coefficient (Wildman–Crippen LogP) is 1.26. The summed E-state index contributed by atoms with van der Waals surface area (Å²) in [7, 11) is 0. The topological polar surface area (TPSA) is 18.5 Å². The lowest BCUT2D eigenvalue weighted by molar-refractivity contribution is 0.0223. The largest absolute Gasteiger partial charge is 0.314 e. The molecular weight excluding hydrogens is 246 g/mol. The molecule has 3 heteroatoms. The van der Waals surface area contributed by atoms with E-state index in [0.717, 1.165) is 12.6 Å². The summed E-state index contributed by atoms with van der Waals surface area (Å²) in [6.07, 6.45) is 3.95. The Morgan fingerprint density at radius 2 is 1.85 bits per heavy atom. The van der Waals surface area contributed by atoms with Crippen LogP contribution in [0.2, 0.25) is 0 Å². The minimum atomic E-state index is 0.812. The van der Waals surface area contributed by atoms with Gasteiger partial charge in [0.1, 0.15) is 0 Å². The number of hydrogen-bond acceptors (Lipinski definition) is 3. The molecule has 0 spiro atoms. The van der Waals surface area contributed by atoms with Crippen LogP contribution < -0.4 is 5.32 Å². The molecule has 0 amide bonds. The maximum absolute atomic E-state index is 3.44. The maximum Gasteiger partial charge on any atom is 0.0351 e. The van der Waals surface area contributed by atoms with E-state index >= 15 is 0 Å². The second-order valence-electron chi connectivity index (χ2n) is 6.59. The van der Waals surface area contributed by atoms with Crippen LogP contribution in [0.25, 0.3) is 0 Å². The Kier molecular flexibility index (Phi) is 3.51. The number of rotatable bonds is 3. The number of aryl methyl sites for hydroxylation is 2. The minimum absolute atomic E-state index is 0.812. The molecule has 108 valence electrons. The van der Waals surface area contributed by atoms with Crippen LogP contribution in [0.3, 0.4) is 0 Å². The van der Waals surface area contributed by atoms with Gasteiger partial charge >= 0.3 is 0 Å². The monoisotopic (exact) mass is 271 g/mol. The molecule has 1 N–H and O–H groups in total. The highest BCUT2D eigenvalue weighted by Crippen LogP contribution is 2.25. The minimum Gasteiger partial charge on any atom is -0.314 e. The van der Waals surface area contributed by atoms with Gasteiger partial charge in [-0.1, -0.05) is 18.2 Å². The highest BCUT2D eigenvalue weighted by atomic mass is 15.3. The van der Waals surface area contributed by atoms with Crippen LogP contribution >= 0.6 is 0 Å². The molecule has 0 atom stereocenters. The van der Waals surface area contributed by atoms with Crippen LogP contribution in [0.4, 0.5) is 0 Å². The Balaban J connectivity index is 1.31. The van der Waals surface area contributed by atoms with Gasteiger partial charge in [-0.2, -0.15) is 0 Å². The summed E-state index contributed by atoms with van der Waals surface area (Å²) < 4.78 is 0. The summed E-state index contributed by atoms with van der Waals surface area (Å²) in [6, 6.07) is 7.99. The van der Waals surface area contributed by atoms with Gasteiger partial charge in [-0.05, 0) is 36.0 Å². The Hall–Kier alpha value is -0.900. The van der Waals surface area contributed by atoms with Crippen LogP contribution in [0.1, 0.15) is 23.1 Å². The van der Waals surface area contributed by atoms with E-state index in [1.54, 1.807) is 11.1 Å². The van der Waals surface area contributed by atoms with Gasteiger partial charge < -0.3 is 5.32 Å². The number of piperazine rings is 1. The van der Waals surface area contributed by atoms with E-state index in [-0.39, 0.29) is 0 Å². The number of hydrogen-bond donors (Lipinski definition) is 1. The third-order valence-electron chi connectivity index (χ3n) is 5.17. The van der Waals surface area contributed by atoms with Crippen molar-refractivity contribution in [3.8, 4) is 0 Å². The summed E-state index contributed by atoms with van der Waals surface area (Å²) in [6.45, 7) is 8.47. The van der Waals surface area contributed by atoms with Crippen molar-refractivity contribution < 1.29 is 0 Å². The Labute approximate surface area is 121 Å². The zero-order chi connectivity index (χ0) is 13.4. The number of likely N-dealkylation sites (tertiary alicyclic amines) is 1. The quantitative estimate of drug-likeness (QED) is 0.893. The van der Waals surface area contributed by atoms with Crippen LogP contribution in [0, 0.1) is 0 Å². The molecule has 1 aliphatic carbocycles. The Morgan fingerprint density at radius 3 is 2.70 bits per heavy atom. The number of nitrogens with zero attached hydrogens (tertiary/aromatic N) is 2. The number of fused-ring (bicyclic) bond motifs is 1. The van der Waals surface area contributed by atoms with Crippen molar-refractivity contribution >= 4 is 0 Å². The van der Waals surface area contributed by atoms with Gasteiger partial charge in [0, 0.05) is 51.9 Å². The van der Waals surface area contributed by atoms with E-state index in [1.165, 1.54) is 64.1 Å². The molecule has 0 unspecified atom stereocenters. The lowest BCUT2D eigenvalue weighted by atomic mass is 10.0. The van der Waals surface area contributed by atoms with Crippen molar-refractivity contribution in [2.24, 2.45) is 0 Å². The average molecular weight is 271 g/mol. The van der Waals surface area contributed by atoms with E-state index < -0.39 is 0 Å². The van der Waals surface area contributed by atoms with Crippen molar-refractivity contribution in [3.63, 3.8) is 0 Å². The van der Waals surface area contributed by atoms with Gasteiger partial charge in [0.05, 0.1) is 0 Å². The lowest BCUT2D eigenvalue weighted by Crippen LogP contribution is -2.62. The van der Waals surface area contributed by atoms with Gasteiger partial charge in [0.15, 0.2) is 0 Å². The zero-order valence-corrected chi connectivity index (χ0v) is 12.3. The molecule has 3 aliphatic rings. The van der Waals surface area contributed by atoms with Crippen LogP contribution in [0.15, 0.2) is 18.2 Å². The number of benzene rings is 1. The van der Waals surface area contributed by atoms with Gasteiger partial charge in [0.25, 0.3) is 0 Å². The van der Waals surface area contributed by atoms with Crippen molar-refractivity contribution in [3.05, 3.63) is 34.9 Å². The third kappa shape index (κ3) is 2.50. The van der Waals surface area contributed by atoms with E-state index in [2.05, 4.69) is 33.3 Å². The smallest absolute Gasteiger partial charge is 0.0351 e. The fraction of sp³-hybridized carbons (Fsp3) is 0.647. The van der Waals surface area contributed by atoms with E-state index in [1.807, 2.05) is 0 Å². The molecule has 2 heterocycles. The first kappa shape index (κ1) is 12.8. The van der Waals surface area contributed by atoms with E-state index in [0.29, 0.717) is 0 Å². The highest BCUT2D eigenvalue weighted by molar-refractivity contribution is 5.35. The molecule has 2 aliphatic heterocycles. The summed E-state index contributed by atoms with van der Waals surface area (Å²) in [5, 5.41) is 3.44. The van der Waals surface area contributed by atoms with Gasteiger partial charge in [-0.25, -0.2) is 0 Å². The van der Waals surface area contributed by atoms with Gasteiger partial charge in [0.2, 0.25) is 0 Å². The molecule has 2 saturated heterocycles. The van der Waals surface area contributed by atoms with Crippen molar-refractivity contribution in [2.75, 3.05) is 39.3 Å². The zero-order valence-electron chi connectivity index (χ0n) is 12.3. The van der Waals surface area contributed by atoms with Gasteiger partial charge in [-0.3, -0.25) is 9.80 Å². The molecule has 0 bridgehead atoms. The first-order chi connectivity index (χ1) is 9.88. The molecule has 2 fully saturated rings. The molecule has 1 aromatic carbocycles. The van der Waals surface area contributed by atoms with E-state index in [9.17, 15) is 0 Å². The van der Waals surface area contributed by atoms with Crippen LogP contribution in [-0.2, 0) is 19.4 Å². The standard InChI is InChI=1S/C17H25N3/c1-2-15-5-4-14(10-16(15)3-1)11-19-12-17(13-19)20-8-6-18-7-9-20/h4-5,10,17-18H,1-3,6-9,11-13H2. The Morgan fingerprint density at radius 1 is 1.05 bits per heavy atom. The highest BCUT2D eigenvalue weighted by Gasteiger charge is 2.32. The second-order valence-corrected chi connectivity index (χ2v) is 6.59. The van der Waals surface area contributed by atoms with Crippen molar-refractivity contribution in [1.29, 1.82) is 0 Å². The molecule has 4 rings (SSSR count). The van der Waals surface area contributed by atoms with Gasteiger partial charge in [-0.15, -0.1) is 0 Å². The summed E-state index contributed by atoms with van der Waals surface area (Å²) in [4.78, 5) is 5.26. The van der Waals surface area contributed by atoms with E-state index in [4.69, 9.17) is 0 Å². The fourth-order valence-corrected chi connectivity index (χ4v) is 3.93. The molecule has 20 heavy (non-hydrogen) atoms. The third-order valence-corrected chi connectivity index (χ3v) is 5.17. The Bertz CT molecular complexity index is 473. The lowest BCUT2D eigenvalue weighted by Gasteiger charge is -2.47. The molecule has 0 saturated carbocycles. The summed E-state index contributed by atoms with van der Waals surface area (Å²) in [5.74, 6) is 0. The maximum atomic E-state index is 3.44. The van der Waals surface area contributed by atoms with Crippen LogP contribution in [-0.4, -0.2) is 55.1 Å². The van der Waals surface area contributed by atoms with Crippen molar-refractivity contribution in [2.45, 2.75) is 31.8 Å². The second kappa shape index (κ2) is 5.47. The summed E-state index contributed by atoms with van der Waals surface area (Å²) >= 11 is 0. The average Bonchev–Trinajstić information content (AvgIpc) is 2.91. The first-order valence-corrected chi connectivity index (χ1v) is 8.16. The fourth-order valence-electron chi connectivity index (χ4n) is 3.93. The molecule has 0 radical (unpaired) electrons. The summed E-state index contributed by atoms with van der Waals surface area (Å²) in [5.41, 5.74) is 4.72. The molecule has 3 nitrogen and oxygen atoms in total. The number of nitrogens with one attached hydrogen (secondary N) is 1. The molecule has 1 aromatic rings. The predicted molar refractivity (Wildman–Crippen MR) is 82.0 cm³/mol. The van der Waals surface area contributed by atoms with Crippen LogP contribution in [0.5, 0.6) is 0 Å². The normalized spacial score (nSPS) is 24.6. The molecule has 0 aromatic heterocycles. The first-order valence-electron chi connectivity index (χ1n) is 8.16. The SMILES string of the molecule is c1cc2c(cc1CN1CC(N3CCNCC3)C1)CCC2. The van der Waals surface area contributed by atoms with Crippen molar-refractivity contribution in [1.82, 2.24) is 15.1 Å².